The number of anilines is 1. The zero-order valence-corrected chi connectivity index (χ0v) is 22.9. The molecule has 1 aromatic carbocycles. The van der Waals surface area contributed by atoms with Crippen LogP contribution >= 0.6 is 39.3 Å². The fourth-order valence-corrected chi connectivity index (χ4v) is 9.59. The first kappa shape index (κ1) is 26.5. The van der Waals surface area contributed by atoms with Gasteiger partial charge in [0, 0.05) is 27.3 Å². The number of rotatable bonds is 9. The zero-order valence-electron chi connectivity index (χ0n) is 19.7. The van der Waals surface area contributed by atoms with Gasteiger partial charge in [0.1, 0.15) is 6.04 Å². The minimum atomic E-state index is -0.845. The van der Waals surface area contributed by atoms with Gasteiger partial charge >= 0.3 is 5.97 Å². The molecule has 3 unspecified atom stereocenters. The molecule has 7 atom stereocenters. The molecule has 3 heterocycles. The van der Waals surface area contributed by atoms with Gasteiger partial charge in [-0.15, -0.1) is 18.3 Å². The summed E-state index contributed by atoms with van der Waals surface area (Å²) in [7, 11) is 0. The van der Waals surface area contributed by atoms with Crippen LogP contribution in [0.5, 0.6) is 0 Å². The van der Waals surface area contributed by atoms with Crippen molar-refractivity contribution in [1.29, 1.82) is 0 Å². The van der Waals surface area contributed by atoms with E-state index in [4.69, 9.17) is 16.3 Å². The number of nitrogens with zero attached hydrogens (tertiary/aromatic N) is 2. The average molecular weight is 586 g/mol. The van der Waals surface area contributed by atoms with Crippen molar-refractivity contribution < 1.29 is 24.2 Å². The number of carbonyl (C=O) groups is 3. The van der Waals surface area contributed by atoms with Gasteiger partial charge in [0.05, 0.1) is 35.8 Å². The molecule has 7 nitrogen and oxygen atoms in total. The Hall–Kier alpha value is -1.55. The minimum Gasteiger partial charge on any atom is -0.466 e. The predicted molar refractivity (Wildman–Crippen MR) is 141 cm³/mol. The Labute approximate surface area is 223 Å². The number of alkyl halides is 1. The van der Waals surface area contributed by atoms with Gasteiger partial charge in [-0.2, -0.15) is 0 Å². The summed E-state index contributed by atoms with van der Waals surface area (Å²) in [5.41, 5.74) is 0.637. The summed E-state index contributed by atoms with van der Waals surface area (Å²) in [4.78, 5) is 44.5. The Balaban J connectivity index is 1.83. The first-order valence-corrected chi connectivity index (χ1v) is 14.0. The second-order valence-corrected chi connectivity index (χ2v) is 12.3. The van der Waals surface area contributed by atoms with Gasteiger partial charge in [-0.25, -0.2) is 0 Å². The number of halogens is 2. The van der Waals surface area contributed by atoms with Crippen molar-refractivity contribution in [2.45, 2.75) is 53.6 Å². The maximum Gasteiger partial charge on any atom is 0.310 e. The highest BCUT2D eigenvalue weighted by Gasteiger charge is 2.76. The third-order valence-electron chi connectivity index (χ3n) is 7.31. The van der Waals surface area contributed by atoms with Gasteiger partial charge in [-0.3, -0.25) is 14.4 Å². The van der Waals surface area contributed by atoms with E-state index in [9.17, 15) is 19.5 Å². The molecule has 2 amide bonds. The van der Waals surface area contributed by atoms with Crippen LogP contribution in [0.1, 0.15) is 26.7 Å². The molecule has 2 bridgehead atoms. The number of aliphatic hydroxyl groups excluding tert-OH is 1. The number of likely N-dealkylation sites (tertiary alicyclic amines) is 1. The van der Waals surface area contributed by atoms with E-state index in [1.165, 1.54) is 0 Å². The van der Waals surface area contributed by atoms with E-state index in [1.807, 2.05) is 6.92 Å². The van der Waals surface area contributed by atoms with Crippen LogP contribution < -0.4 is 4.90 Å². The van der Waals surface area contributed by atoms with Crippen molar-refractivity contribution in [2.24, 2.45) is 11.8 Å². The quantitative estimate of drug-likeness (QED) is 0.270. The third kappa shape index (κ3) is 4.22. The van der Waals surface area contributed by atoms with Crippen molar-refractivity contribution in [1.82, 2.24) is 4.90 Å². The largest absolute Gasteiger partial charge is 0.466 e. The average Bonchev–Trinajstić information content (AvgIpc) is 3.43. The Morgan fingerprint density at radius 1 is 1.40 bits per heavy atom. The standard InChI is InChI=1S/C25H30BrClN2O5S/c1-4-11-28(16-9-7-14(27)8-10-16)23(32)21-25-12-17(26)20(35-25)18(24(33)34-6-3)19(25)22(31)29(21)15(5-2)13-30/h4,7-10,15,17-21,30H,1,5-6,11-13H2,2-3H3/t15-,17?,18+,19-,20+,21?,25?/m0/s1. The van der Waals surface area contributed by atoms with Gasteiger partial charge in [-0.1, -0.05) is 40.5 Å². The number of fused-ring (bicyclic) bond motifs is 1. The molecule has 35 heavy (non-hydrogen) atoms. The lowest BCUT2D eigenvalue weighted by atomic mass is 9.71. The maximum atomic E-state index is 14.4. The van der Waals surface area contributed by atoms with Crippen LogP contribution in [0.3, 0.4) is 0 Å². The highest BCUT2D eigenvalue weighted by molar-refractivity contribution is 9.09. The summed E-state index contributed by atoms with van der Waals surface area (Å²) in [5.74, 6) is -2.25. The SMILES string of the molecule is C=CCN(C(=O)C1N([C@@H](CC)CO)C(=O)[C@@H]2[C@@H](C(=O)OCC)[C@@H]3SC12CC3Br)c1ccc(Cl)cc1. The molecule has 3 saturated heterocycles. The van der Waals surface area contributed by atoms with Crippen LogP contribution in [-0.4, -0.2) is 74.5 Å². The second-order valence-electron chi connectivity index (χ2n) is 9.12. The molecule has 1 aromatic rings. The molecule has 10 heteroatoms. The first-order chi connectivity index (χ1) is 16.7. The molecule has 1 spiro atoms. The molecule has 0 aliphatic carbocycles. The van der Waals surface area contributed by atoms with Crippen LogP contribution in [0, 0.1) is 11.8 Å². The van der Waals surface area contributed by atoms with Crippen molar-refractivity contribution in [3.8, 4) is 0 Å². The number of hydrogen-bond donors (Lipinski definition) is 1. The van der Waals surface area contributed by atoms with Crippen LogP contribution in [-0.2, 0) is 19.1 Å². The first-order valence-electron chi connectivity index (χ1n) is 11.8. The molecule has 190 valence electrons. The second kappa shape index (κ2) is 10.4. The van der Waals surface area contributed by atoms with E-state index in [1.54, 1.807) is 58.8 Å². The maximum absolute atomic E-state index is 14.4. The van der Waals surface area contributed by atoms with E-state index in [2.05, 4.69) is 22.5 Å². The van der Waals surface area contributed by atoms with E-state index in [0.717, 1.165) is 0 Å². The summed E-state index contributed by atoms with van der Waals surface area (Å²) in [5, 5.41) is 10.6. The summed E-state index contributed by atoms with van der Waals surface area (Å²) in [6.45, 7) is 7.63. The topological polar surface area (TPSA) is 87.2 Å². The Morgan fingerprint density at radius 2 is 2.09 bits per heavy atom. The minimum absolute atomic E-state index is 0.0428. The molecule has 3 aliphatic rings. The van der Waals surface area contributed by atoms with E-state index < -0.39 is 34.6 Å². The molecule has 1 N–H and O–H groups in total. The van der Waals surface area contributed by atoms with Gasteiger partial charge in [0.15, 0.2) is 0 Å². The van der Waals surface area contributed by atoms with Gasteiger partial charge < -0.3 is 19.6 Å². The fourth-order valence-electron chi connectivity index (χ4n) is 5.88. The van der Waals surface area contributed by atoms with Crippen LogP contribution in [0.2, 0.25) is 5.02 Å². The molecule has 0 saturated carbocycles. The third-order valence-corrected chi connectivity index (χ3v) is 10.8. The van der Waals surface area contributed by atoms with Crippen molar-refractivity contribution in [3.05, 3.63) is 41.9 Å². The Kier molecular flexibility index (Phi) is 7.91. The van der Waals surface area contributed by atoms with Crippen LogP contribution in [0.15, 0.2) is 36.9 Å². The Morgan fingerprint density at radius 3 is 2.66 bits per heavy atom. The van der Waals surface area contributed by atoms with Crippen molar-refractivity contribution in [2.75, 3.05) is 24.7 Å². The van der Waals surface area contributed by atoms with Crippen molar-refractivity contribution >= 4 is 62.8 Å². The fraction of sp³-hybridized carbons (Fsp3) is 0.560. The lowest BCUT2D eigenvalue weighted by Crippen LogP contribution is -2.58. The van der Waals surface area contributed by atoms with Gasteiger partial charge in [0.2, 0.25) is 5.91 Å². The summed E-state index contributed by atoms with van der Waals surface area (Å²) < 4.78 is 4.57. The summed E-state index contributed by atoms with van der Waals surface area (Å²) >= 11 is 11.4. The van der Waals surface area contributed by atoms with Crippen LogP contribution in [0.25, 0.3) is 0 Å². The van der Waals surface area contributed by atoms with E-state index >= 15 is 0 Å². The van der Waals surface area contributed by atoms with Gasteiger partial charge in [-0.05, 0) is 44.0 Å². The number of benzene rings is 1. The number of carbonyl (C=O) groups excluding carboxylic acids is 3. The predicted octanol–water partition coefficient (Wildman–Crippen LogP) is 3.66. The van der Waals surface area contributed by atoms with E-state index in [-0.39, 0.29) is 41.6 Å². The number of aliphatic hydroxyl groups is 1. The highest BCUT2D eigenvalue weighted by atomic mass is 79.9. The normalized spacial score (nSPS) is 31.9. The van der Waals surface area contributed by atoms with Gasteiger partial charge in [0.25, 0.3) is 5.91 Å². The molecular weight excluding hydrogens is 556 g/mol. The number of thioether (sulfide) groups is 1. The van der Waals surface area contributed by atoms with Crippen molar-refractivity contribution in [3.63, 3.8) is 0 Å². The molecule has 3 aliphatic heterocycles. The smallest absolute Gasteiger partial charge is 0.310 e. The number of ether oxygens (including phenoxy) is 1. The number of amides is 2. The lowest BCUT2D eigenvalue weighted by Gasteiger charge is -2.39. The highest BCUT2D eigenvalue weighted by Crippen LogP contribution is 2.68. The monoisotopic (exact) mass is 584 g/mol. The van der Waals surface area contributed by atoms with Crippen LogP contribution in [0.4, 0.5) is 5.69 Å². The van der Waals surface area contributed by atoms with E-state index in [0.29, 0.717) is 23.6 Å². The molecule has 0 aromatic heterocycles. The zero-order chi connectivity index (χ0) is 25.5. The number of esters is 1. The summed E-state index contributed by atoms with van der Waals surface area (Å²) in [6, 6.07) is 5.56. The molecule has 0 radical (unpaired) electrons. The summed E-state index contributed by atoms with van der Waals surface area (Å²) in [6.07, 6.45) is 2.68. The lowest BCUT2D eigenvalue weighted by molar-refractivity contribution is -0.154. The Bertz CT molecular complexity index is 1010. The molecule has 4 rings (SSSR count). The molecular formula is C25H30BrClN2O5S. The number of hydrogen-bond acceptors (Lipinski definition) is 6. The molecule has 3 fully saturated rings.